The van der Waals surface area contributed by atoms with Crippen molar-refractivity contribution in [3.05, 3.63) is 156 Å². The van der Waals surface area contributed by atoms with Crippen molar-refractivity contribution in [1.29, 1.82) is 0 Å². The lowest BCUT2D eigenvalue weighted by molar-refractivity contribution is 0.414. The Hall–Kier alpha value is -6.26. The van der Waals surface area contributed by atoms with E-state index in [-0.39, 0.29) is 21.7 Å². The van der Waals surface area contributed by atoms with E-state index in [0.29, 0.717) is 0 Å². The largest absolute Gasteiger partial charge is 0.497 e. The van der Waals surface area contributed by atoms with Crippen LogP contribution in [0.15, 0.2) is 133 Å². The number of benzene rings is 7. The number of hydrogen-bond donors (Lipinski definition) is 0. The molecule has 2 heterocycles. The summed E-state index contributed by atoms with van der Waals surface area (Å²) < 4.78 is 16.5. The average Bonchev–Trinajstić information content (AvgIpc) is 3.77. The second kappa shape index (κ2) is 15.2. The number of para-hydroxylation sites is 2. The Morgan fingerprint density at radius 3 is 0.938 bits per heavy atom. The van der Waals surface area contributed by atoms with Crippen LogP contribution in [0.3, 0.4) is 0 Å². The predicted molar refractivity (Wildman–Crippen MR) is 274 cm³/mol. The molecule has 2 aromatic heterocycles. The van der Waals surface area contributed by atoms with Gasteiger partial charge in [0.05, 0.1) is 36.3 Å². The molecule has 0 aliphatic carbocycles. The highest BCUT2D eigenvalue weighted by Gasteiger charge is 2.32. The normalized spacial score (nSPS) is 12.8. The molecule has 7 aromatic carbocycles. The minimum Gasteiger partial charge on any atom is -0.497 e. The minimum absolute atomic E-state index is 0.0925. The third kappa shape index (κ3) is 7.25. The van der Waals surface area contributed by atoms with E-state index in [9.17, 15) is 0 Å². The van der Waals surface area contributed by atoms with Crippen molar-refractivity contribution in [3.63, 3.8) is 0 Å². The van der Waals surface area contributed by atoms with E-state index in [4.69, 9.17) is 9.47 Å². The van der Waals surface area contributed by atoms with Crippen molar-refractivity contribution >= 4 is 43.6 Å². The van der Waals surface area contributed by atoms with Gasteiger partial charge in [-0.15, -0.1) is 0 Å². The van der Waals surface area contributed by atoms with Crippen LogP contribution >= 0.6 is 0 Å². The lowest BCUT2D eigenvalue weighted by atomic mass is 9.77. The van der Waals surface area contributed by atoms with Gasteiger partial charge < -0.3 is 18.6 Å². The maximum absolute atomic E-state index is 5.74. The Kier molecular flexibility index (Phi) is 10.2. The molecule has 0 unspecified atom stereocenters. The van der Waals surface area contributed by atoms with E-state index in [1.54, 1.807) is 14.2 Å². The number of aromatic nitrogens is 2. The highest BCUT2D eigenvalue weighted by molar-refractivity contribution is 6.33. The number of methoxy groups -OCH3 is 2. The third-order valence-corrected chi connectivity index (χ3v) is 13.3. The quantitative estimate of drug-likeness (QED) is 0.167. The average molecular weight is 845 g/mol. The zero-order valence-corrected chi connectivity index (χ0v) is 40.4. The Bertz CT molecular complexity index is 2950. The molecule has 0 N–H and O–H groups in total. The summed E-state index contributed by atoms with van der Waals surface area (Å²) in [7, 11) is 3.48. The molecule has 0 aliphatic rings. The fourth-order valence-corrected chi connectivity index (χ4v) is 9.53. The summed E-state index contributed by atoms with van der Waals surface area (Å²) in [6.45, 7) is 28.1. The van der Waals surface area contributed by atoms with Crippen molar-refractivity contribution in [2.45, 2.75) is 105 Å². The van der Waals surface area contributed by atoms with Gasteiger partial charge in [0, 0.05) is 44.0 Å². The van der Waals surface area contributed by atoms with Crippen LogP contribution in [0.5, 0.6) is 11.5 Å². The summed E-state index contributed by atoms with van der Waals surface area (Å²) in [6, 6.07) is 50.1. The van der Waals surface area contributed by atoms with Gasteiger partial charge in [-0.3, -0.25) is 0 Å². The zero-order valence-electron chi connectivity index (χ0n) is 40.4. The van der Waals surface area contributed by atoms with Gasteiger partial charge in [0.2, 0.25) is 0 Å². The molecule has 0 saturated heterocycles. The van der Waals surface area contributed by atoms with Gasteiger partial charge in [0.1, 0.15) is 11.5 Å². The molecule has 326 valence electrons. The molecule has 0 aliphatic heterocycles. The van der Waals surface area contributed by atoms with Crippen molar-refractivity contribution in [1.82, 2.24) is 9.13 Å². The van der Waals surface area contributed by atoms with Crippen molar-refractivity contribution in [2.75, 3.05) is 14.2 Å². The molecule has 0 bridgehead atoms. The number of fused-ring (bicyclic) bond motifs is 6. The second-order valence-electron chi connectivity index (χ2n) is 21.9. The number of hydrogen-bond acceptors (Lipinski definition) is 2. The highest BCUT2D eigenvalue weighted by atomic mass is 16.5. The van der Waals surface area contributed by atoms with E-state index in [1.165, 1.54) is 77.1 Å². The van der Waals surface area contributed by atoms with Crippen LogP contribution in [0.25, 0.3) is 77.2 Å². The summed E-state index contributed by atoms with van der Waals surface area (Å²) >= 11 is 0. The Balaban J connectivity index is 1.66. The van der Waals surface area contributed by atoms with Gasteiger partial charge in [0.25, 0.3) is 0 Å². The fraction of sp³-hybridized carbons (Fsp3) is 0.300. The maximum Gasteiger partial charge on any atom is 0.119 e. The highest BCUT2D eigenvalue weighted by Crippen LogP contribution is 2.53. The lowest BCUT2D eigenvalue weighted by Crippen LogP contribution is -2.17. The summed E-state index contributed by atoms with van der Waals surface area (Å²) in [5.74, 6) is 1.66. The first-order valence-corrected chi connectivity index (χ1v) is 22.8. The van der Waals surface area contributed by atoms with Crippen LogP contribution < -0.4 is 9.47 Å². The molecule has 4 heteroatoms. The first kappa shape index (κ1) is 43.0. The predicted octanol–water partition coefficient (Wildman–Crippen LogP) is 16.4. The number of ether oxygens (including phenoxy) is 2. The van der Waals surface area contributed by atoms with Crippen LogP contribution in [-0.4, -0.2) is 23.4 Å². The van der Waals surface area contributed by atoms with Gasteiger partial charge in [-0.1, -0.05) is 156 Å². The topological polar surface area (TPSA) is 28.3 Å². The number of nitrogens with zero attached hydrogens (tertiary/aromatic N) is 2. The summed E-state index contributed by atoms with van der Waals surface area (Å²) in [6.07, 6.45) is 0. The molecular formula is C60H64N2O2. The van der Waals surface area contributed by atoms with Crippen molar-refractivity contribution in [2.24, 2.45) is 0 Å². The third-order valence-electron chi connectivity index (χ3n) is 13.3. The van der Waals surface area contributed by atoms with Gasteiger partial charge in [-0.05, 0) is 116 Å². The maximum atomic E-state index is 5.74. The molecular weight excluding hydrogens is 781 g/mol. The molecule has 0 fully saturated rings. The van der Waals surface area contributed by atoms with Crippen LogP contribution in [0.2, 0.25) is 0 Å². The minimum atomic E-state index is -0.0925. The van der Waals surface area contributed by atoms with E-state index in [2.05, 4.69) is 226 Å². The lowest BCUT2D eigenvalue weighted by Gasteiger charge is -2.28. The molecule has 0 atom stereocenters. The van der Waals surface area contributed by atoms with Crippen LogP contribution in [-0.2, 0) is 21.7 Å². The van der Waals surface area contributed by atoms with Crippen molar-refractivity contribution in [3.8, 4) is 45.1 Å². The van der Waals surface area contributed by atoms with Gasteiger partial charge >= 0.3 is 0 Å². The molecule has 0 radical (unpaired) electrons. The number of rotatable bonds is 6. The van der Waals surface area contributed by atoms with Crippen LogP contribution in [0, 0.1) is 0 Å². The van der Waals surface area contributed by atoms with E-state index >= 15 is 0 Å². The molecule has 0 spiro atoms. The second-order valence-corrected chi connectivity index (χ2v) is 21.9. The van der Waals surface area contributed by atoms with E-state index in [0.717, 1.165) is 33.9 Å². The first-order valence-electron chi connectivity index (χ1n) is 22.8. The summed E-state index contributed by atoms with van der Waals surface area (Å²) in [5.41, 5.74) is 16.6. The monoisotopic (exact) mass is 844 g/mol. The summed E-state index contributed by atoms with van der Waals surface area (Å²) in [4.78, 5) is 0. The molecule has 9 rings (SSSR count). The van der Waals surface area contributed by atoms with Gasteiger partial charge in [-0.2, -0.15) is 0 Å². The van der Waals surface area contributed by atoms with Crippen LogP contribution in [0.1, 0.15) is 105 Å². The van der Waals surface area contributed by atoms with Gasteiger partial charge in [-0.25, -0.2) is 0 Å². The Morgan fingerprint density at radius 1 is 0.359 bits per heavy atom. The van der Waals surface area contributed by atoms with E-state index in [1.807, 2.05) is 0 Å². The first-order chi connectivity index (χ1) is 30.2. The van der Waals surface area contributed by atoms with Gasteiger partial charge in [0.15, 0.2) is 0 Å². The van der Waals surface area contributed by atoms with Crippen LogP contribution in [0.4, 0.5) is 0 Å². The SMILES string of the molecule is COc1ccc(-n2c3ccccc3c3c(-c4cc(C(C)(C)C)cc(C(C)(C)C)c4)c4c(c(-c5cc(C(C)(C)C)cc(C(C)(C)C)c5)c32)c2ccccc2n4-c2ccc(OC)cc2)cc1. The fourth-order valence-electron chi connectivity index (χ4n) is 9.53. The standard InChI is InChI=1S/C60H64N2O2/c1-57(2,3)39-31-37(32-40(35-39)58(4,5)6)51-53-47-19-15-17-21-49(47)62(44-25-29-46(64-14)30-26-44)56(53)52(38-33-41(59(7,8)9)36-42(34-38)60(10,11)12)54-48-20-16-18-22-50(48)61(55(51)54)43-23-27-45(63-13)28-24-43/h15-36H,1-14H3. The summed E-state index contributed by atoms with van der Waals surface area (Å²) in [5, 5.41) is 4.88. The molecule has 9 aromatic rings. The molecule has 64 heavy (non-hydrogen) atoms. The zero-order chi connectivity index (χ0) is 45.7. The Morgan fingerprint density at radius 2 is 0.656 bits per heavy atom. The molecule has 4 nitrogen and oxygen atoms in total. The van der Waals surface area contributed by atoms with Crippen molar-refractivity contribution < 1.29 is 9.47 Å². The molecule has 0 saturated carbocycles. The molecule has 0 amide bonds. The Labute approximate surface area is 380 Å². The van der Waals surface area contributed by atoms with E-state index < -0.39 is 0 Å². The smallest absolute Gasteiger partial charge is 0.119 e.